The van der Waals surface area contributed by atoms with Crippen LogP contribution in [-0.4, -0.2) is 39.4 Å². The number of amides is 1. The summed E-state index contributed by atoms with van der Waals surface area (Å²) in [6, 6.07) is 9.30. The summed E-state index contributed by atoms with van der Waals surface area (Å²) in [4.78, 5) is 14.8. The third kappa shape index (κ3) is 4.85. The lowest BCUT2D eigenvalue weighted by Crippen LogP contribution is -2.38. The molecule has 29 heavy (non-hydrogen) atoms. The number of benzene rings is 2. The van der Waals surface area contributed by atoms with E-state index in [9.17, 15) is 13.2 Å². The molecular weight excluding hydrogens is 412 g/mol. The van der Waals surface area contributed by atoms with E-state index in [0.29, 0.717) is 35.5 Å². The predicted octanol–water partition coefficient (Wildman–Crippen LogP) is 4.33. The number of ether oxygens (including phenoxy) is 1. The zero-order valence-corrected chi connectivity index (χ0v) is 18.3. The highest BCUT2D eigenvalue weighted by Crippen LogP contribution is 2.28. The average Bonchev–Trinajstić information content (AvgIpc) is 2.70. The van der Waals surface area contributed by atoms with Crippen LogP contribution in [0.5, 0.6) is 5.75 Å². The lowest BCUT2D eigenvalue weighted by molar-refractivity contribution is 0.0693. The number of carbonyl (C=O) groups is 1. The molecule has 3 rings (SSSR count). The summed E-state index contributed by atoms with van der Waals surface area (Å²) in [6.45, 7) is 5.26. The van der Waals surface area contributed by atoms with Gasteiger partial charge in [0.1, 0.15) is 5.75 Å². The molecule has 0 bridgehead atoms. The van der Waals surface area contributed by atoms with Gasteiger partial charge in [-0.05, 0) is 61.6 Å². The van der Waals surface area contributed by atoms with Crippen LogP contribution in [-0.2, 0) is 10.0 Å². The Balaban J connectivity index is 1.93. The first-order chi connectivity index (χ1) is 13.7. The van der Waals surface area contributed by atoms with Crippen LogP contribution in [0.2, 0.25) is 5.02 Å². The molecule has 156 valence electrons. The number of methoxy groups -OCH3 is 1. The van der Waals surface area contributed by atoms with E-state index in [2.05, 4.69) is 11.6 Å². The van der Waals surface area contributed by atoms with Crippen LogP contribution in [0.15, 0.2) is 41.3 Å². The van der Waals surface area contributed by atoms with Crippen molar-refractivity contribution in [3.8, 4) is 5.75 Å². The Kier molecular flexibility index (Phi) is 6.39. The van der Waals surface area contributed by atoms with Crippen molar-refractivity contribution in [2.24, 2.45) is 5.92 Å². The number of anilines is 1. The van der Waals surface area contributed by atoms with Gasteiger partial charge in [-0.1, -0.05) is 24.6 Å². The van der Waals surface area contributed by atoms with Gasteiger partial charge in [0, 0.05) is 18.1 Å². The van der Waals surface area contributed by atoms with Crippen molar-refractivity contribution >= 4 is 33.2 Å². The minimum absolute atomic E-state index is 0.00796. The van der Waals surface area contributed by atoms with Crippen molar-refractivity contribution < 1.29 is 17.9 Å². The van der Waals surface area contributed by atoms with Crippen molar-refractivity contribution in [2.75, 3.05) is 24.9 Å². The molecule has 1 heterocycles. The molecule has 1 amide bonds. The van der Waals surface area contributed by atoms with E-state index in [1.807, 2.05) is 0 Å². The van der Waals surface area contributed by atoms with Gasteiger partial charge in [-0.15, -0.1) is 0 Å². The van der Waals surface area contributed by atoms with E-state index in [-0.39, 0.29) is 16.4 Å². The second-order valence-corrected chi connectivity index (χ2v) is 9.52. The quantitative estimate of drug-likeness (QED) is 0.756. The first-order valence-corrected chi connectivity index (χ1v) is 11.3. The number of piperidine rings is 1. The molecule has 0 unspecified atom stereocenters. The van der Waals surface area contributed by atoms with E-state index >= 15 is 0 Å². The summed E-state index contributed by atoms with van der Waals surface area (Å²) in [7, 11) is -2.44. The second-order valence-electron chi connectivity index (χ2n) is 7.40. The third-order valence-electron chi connectivity index (χ3n) is 5.23. The van der Waals surface area contributed by atoms with Gasteiger partial charge >= 0.3 is 0 Å². The molecule has 0 atom stereocenters. The summed E-state index contributed by atoms with van der Waals surface area (Å²) < 4.78 is 33.8. The molecule has 2 aromatic carbocycles. The van der Waals surface area contributed by atoms with Crippen molar-refractivity contribution in [3.63, 3.8) is 0 Å². The molecule has 2 aromatic rings. The molecule has 0 aliphatic carbocycles. The lowest BCUT2D eigenvalue weighted by atomic mass is 9.98. The molecule has 6 nitrogen and oxygen atoms in total. The maximum atomic E-state index is 13.0. The minimum Gasteiger partial charge on any atom is -0.496 e. The van der Waals surface area contributed by atoms with E-state index < -0.39 is 10.0 Å². The number of likely N-dealkylation sites (tertiary alicyclic amines) is 1. The predicted molar refractivity (Wildman–Crippen MR) is 114 cm³/mol. The van der Waals surface area contributed by atoms with Gasteiger partial charge in [0.25, 0.3) is 15.9 Å². The van der Waals surface area contributed by atoms with Crippen molar-refractivity contribution in [1.82, 2.24) is 4.90 Å². The zero-order chi connectivity index (χ0) is 21.2. The second kappa shape index (κ2) is 8.63. The van der Waals surface area contributed by atoms with E-state index in [1.54, 1.807) is 30.0 Å². The zero-order valence-electron chi connectivity index (χ0n) is 16.7. The number of aryl methyl sites for hydroxylation is 1. The Morgan fingerprint density at radius 1 is 1.17 bits per heavy atom. The third-order valence-corrected chi connectivity index (χ3v) is 6.82. The first-order valence-electron chi connectivity index (χ1n) is 9.47. The van der Waals surface area contributed by atoms with Crippen LogP contribution in [0.1, 0.15) is 35.7 Å². The summed E-state index contributed by atoms with van der Waals surface area (Å²) in [5, 5.41) is 0.429. The van der Waals surface area contributed by atoms with Crippen LogP contribution in [0.3, 0.4) is 0 Å². The summed E-state index contributed by atoms with van der Waals surface area (Å²) in [6.07, 6.45) is 1.86. The van der Waals surface area contributed by atoms with Crippen LogP contribution in [0.4, 0.5) is 5.69 Å². The number of nitrogens with one attached hydrogen (secondary N) is 1. The van der Waals surface area contributed by atoms with Gasteiger partial charge in [-0.2, -0.15) is 0 Å². The van der Waals surface area contributed by atoms with Gasteiger partial charge in [-0.25, -0.2) is 8.42 Å². The molecule has 0 saturated carbocycles. The largest absolute Gasteiger partial charge is 0.496 e. The highest BCUT2D eigenvalue weighted by atomic mass is 35.5. The van der Waals surface area contributed by atoms with Gasteiger partial charge in [0.05, 0.1) is 23.3 Å². The monoisotopic (exact) mass is 436 g/mol. The molecule has 0 radical (unpaired) electrons. The summed E-state index contributed by atoms with van der Waals surface area (Å²) in [5.74, 6) is 0.717. The molecule has 1 fully saturated rings. The van der Waals surface area contributed by atoms with Crippen LogP contribution in [0.25, 0.3) is 0 Å². The molecule has 1 saturated heterocycles. The van der Waals surface area contributed by atoms with Crippen molar-refractivity contribution in [2.45, 2.75) is 31.6 Å². The first kappa shape index (κ1) is 21.5. The standard InChI is InChI=1S/C21H25ClN2O4S/c1-14-8-10-24(11-9-14)21(25)18-13-17(6-7-20(18)28-3)29(26,27)23-19-12-16(22)5-4-15(19)2/h4-7,12-14,23H,8-11H2,1-3H3. The summed E-state index contributed by atoms with van der Waals surface area (Å²) in [5.41, 5.74) is 1.38. The van der Waals surface area contributed by atoms with Crippen LogP contribution < -0.4 is 9.46 Å². The normalized spacial score (nSPS) is 15.2. The minimum atomic E-state index is -3.91. The molecule has 0 aromatic heterocycles. The Hall–Kier alpha value is -2.25. The van der Waals surface area contributed by atoms with E-state index in [1.165, 1.54) is 25.3 Å². The molecule has 0 spiro atoms. The van der Waals surface area contributed by atoms with Gasteiger partial charge in [0.2, 0.25) is 0 Å². The van der Waals surface area contributed by atoms with Gasteiger partial charge in [-0.3, -0.25) is 9.52 Å². The highest BCUT2D eigenvalue weighted by Gasteiger charge is 2.26. The average molecular weight is 437 g/mol. The maximum Gasteiger partial charge on any atom is 0.261 e. The van der Waals surface area contributed by atoms with Gasteiger partial charge < -0.3 is 9.64 Å². The Labute approximate surface area is 176 Å². The fourth-order valence-corrected chi connectivity index (χ4v) is 4.63. The van der Waals surface area contributed by atoms with E-state index in [0.717, 1.165) is 18.4 Å². The number of hydrogen-bond donors (Lipinski definition) is 1. The number of hydrogen-bond acceptors (Lipinski definition) is 4. The number of halogens is 1. The molecule has 1 N–H and O–H groups in total. The topological polar surface area (TPSA) is 75.7 Å². The molecule has 8 heteroatoms. The molecule has 1 aliphatic rings. The Bertz CT molecular complexity index is 1020. The fraction of sp³-hybridized carbons (Fsp3) is 0.381. The molecule has 1 aliphatic heterocycles. The van der Waals surface area contributed by atoms with Crippen molar-refractivity contribution in [3.05, 3.63) is 52.5 Å². The SMILES string of the molecule is COc1ccc(S(=O)(=O)Nc2cc(Cl)ccc2C)cc1C(=O)N1CCC(C)CC1. The van der Waals surface area contributed by atoms with Crippen LogP contribution in [0, 0.1) is 12.8 Å². The Morgan fingerprint density at radius 2 is 1.86 bits per heavy atom. The Morgan fingerprint density at radius 3 is 2.52 bits per heavy atom. The van der Waals surface area contributed by atoms with Crippen LogP contribution >= 0.6 is 11.6 Å². The van der Waals surface area contributed by atoms with E-state index in [4.69, 9.17) is 16.3 Å². The number of sulfonamides is 1. The number of rotatable bonds is 5. The fourth-order valence-electron chi connectivity index (χ4n) is 3.31. The lowest BCUT2D eigenvalue weighted by Gasteiger charge is -2.30. The number of nitrogens with zero attached hydrogens (tertiary/aromatic N) is 1. The smallest absolute Gasteiger partial charge is 0.261 e. The van der Waals surface area contributed by atoms with Crippen molar-refractivity contribution in [1.29, 1.82) is 0 Å². The van der Waals surface area contributed by atoms with Gasteiger partial charge in [0.15, 0.2) is 0 Å². The summed E-state index contributed by atoms with van der Waals surface area (Å²) >= 11 is 5.99. The number of carbonyl (C=O) groups excluding carboxylic acids is 1. The highest BCUT2D eigenvalue weighted by molar-refractivity contribution is 7.92. The maximum absolute atomic E-state index is 13.0. The molecular formula is C21H25ClN2O4S.